The number of nitrogens with one attached hydrogen (secondary N) is 3. The summed E-state index contributed by atoms with van der Waals surface area (Å²) < 4.78 is 13.6. The normalized spacial score (nSPS) is 17.8. The molecule has 1 unspecified atom stereocenters. The maximum Gasteiger partial charge on any atom is 0.239 e. The zero-order valence-electron chi connectivity index (χ0n) is 20.2. The van der Waals surface area contributed by atoms with Crippen molar-refractivity contribution in [3.8, 4) is 17.3 Å². The number of nitriles is 1. The molecule has 2 saturated heterocycles. The second-order valence-electron chi connectivity index (χ2n) is 8.94. The van der Waals surface area contributed by atoms with Crippen LogP contribution in [0, 0.1) is 11.3 Å². The topological polar surface area (TPSA) is 135 Å². The molecule has 190 valence electrons. The molecule has 5 rings (SSSR count). The summed E-state index contributed by atoms with van der Waals surface area (Å²) in [5, 5.41) is 18.8. The lowest BCUT2D eigenvalue weighted by atomic mass is 10.1. The van der Waals surface area contributed by atoms with Crippen LogP contribution < -0.4 is 20.9 Å². The maximum atomic E-state index is 13.6. The second kappa shape index (κ2) is 11.2. The molecule has 3 aromatic rings. The smallest absolute Gasteiger partial charge is 0.239 e. The van der Waals surface area contributed by atoms with Crippen LogP contribution in [0.15, 0.2) is 42.9 Å². The Morgan fingerprint density at radius 2 is 2.03 bits per heavy atom. The Labute approximate surface area is 213 Å². The molecular formula is C25H27FN10O. The lowest BCUT2D eigenvalue weighted by Gasteiger charge is -2.26. The van der Waals surface area contributed by atoms with E-state index in [0.29, 0.717) is 59.6 Å². The van der Waals surface area contributed by atoms with Crippen molar-refractivity contribution in [1.29, 1.82) is 5.26 Å². The van der Waals surface area contributed by atoms with E-state index in [1.165, 1.54) is 0 Å². The highest BCUT2D eigenvalue weighted by atomic mass is 19.1. The van der Waals surface area contributed by atoms with Gasteiger partial charge in [-0.1, -0.05) is 0 Å². The minimum absolute atomic E-state index is 0.100. The number of rotatable bonds is 7. The number of alkyl halides is 1. The van der Waals surface area contributed by atoms with E-state index in [0.717, 1.165) is 26.2 Å². The summed E-state index contributed by atoms with van der Waals surface area (Å²) in [6.07, 6.45) is 4.37. The lowest BCUT2D eigenvalue weighted by molar-refractivity contribution is -0.117. The number of carbonyl (C=O) groups is 1. The van der Waals surface area contributed by atoms with E-state index < -0.39 is 6.17 Å². The van der Waals surface area contributed by atoms with Crippen LogP contribution in [0.3, 0.4) is 0 Å². The molecule has 5 heterocycles. The van der Waals surface area contributed by atoms with Crippen molar-refractivity contribution < 1.29 is 9.18 Å². The molecule has 11 nitrogen and oxygen atoms in total. The Hall–Kier alpha value is -4.21. The first kappa shape index (κ1) is 24.5. The Morgan fingerprint density at radius 1 is 1.16 bits per heavy atom. The van der Waals surface area contributed by atoms with Crippen LogP contribution in [0.1, 0.15) is 12.0 Å². The molecule has 12 heteroatoms. The SMILES string of the molecule is N#Cc1cc(-c2ccnc(Nc3ccc(NC(=O)CN4CCNCC4)nc3)n2)cnc1N1CCC(F)C1. The van der Waals surface area contributed by atoms with Gasteiger partial charge in [0.05, 0.1) is 36.2 Å². The van der Waals surface area contributed by atoms with Crippen LogP contribution in [0.25, 0.3) is 11.3 Å². The number of hydrogen-bond donors (Lipinski definition) is 3. The van der Waals surface area contributed by atoms with Crippen molar-refractivity contribution in [2.75, 3.05) is 61.3 Å². The molecule has 1 atom stereocenters. The predicted molar refractivity (Wildman–Crippen MR) is 137 cm³/mol. The third kappa shape index (κ3) is 6.14. The summed E-state index contributed by atoms with van der Waals surface area (Å²) in [5.41, 5.74) is 2.27. The van der Waals surface area contributed by atoms with Gasteiger partial charge in [-0.05, 0) is 30.7 Å². The molecule has 3 aromatic heterocycles. The lowest BCUT2D eigenvalue weighted by Crippen LogP contribution is -2.46. The molecule has 1 amide bonds. The number of hydrogen-bond acceptors (Lipinski definition) is 10. The third-order valence-corrected chi connectivity index (χ3v) is 6.23. The number of amides is 1. The first-order valence-corrected chi connectivity index (χ1v) is 12.2. The molecule has 3 N–H and O–H groups in total. The van der Waals surface area contributed by atoms with Crippen molar-refractivity contribution in [3.63, 3.8) is 0 Å². The van der Waals surface area contributed by atoms with Gasteiger partial charge >= 0.3 is 0 Å². The summed E-state index contributed by atoms with van der Waals surface area (Å²) in [5.74, 6) is 1.20. The Balaban J connectivity index is 1.23. The Bertz CT molecular complexity index is 1290. The summed E-state index contributed by atoms with van der Waals surface area (Å²) in [6.45, 7) is 4.58. The molecule has 2 fully saturated rings. The highest BCUT2D eigenvalue weighted by Gasteiger charge is 2.25. The monoisotopic (exact) mass is 502 g/mol. The van der Waals surface area contributed by atoms with Gasteiger partial charge in [0.25, 0.3) is 0 Å². The molecule has 0 aliphatic carbocycles. The number of carbonyl (C=O) groups excluding carboxylic acids is 1. The second-order valence-corrected chi connectivity index (χ2v) is 8.94. The Morgan fingerprint density at radius 3 is 2.76 bits per heavy atom. The van der Waals surface area contributed by atoms with E-state index in [1.807, 2.05) is 0 Å². The van der Waals surface area contributed by atoms with Crippen LogP contribution in [0.4, 0.5) is 27.7 Å². The standard InChI is InChI=1S/C25H27FN10O/c26-19-4-8-36(15-19)24-17(12-27)11-18(13-31-24)21-3-5-29-25(33-21)32-20-1-2-22(30-14-20)34-23(37)16-35-9-6-28-7-10-35/h1-3,5,11,13-14,19,28H,4,6-10,15-16H2,(H,29,32,33)(H,30,34,37). The average Bonchev–Trinajstić information content (AvgIpc) is 3.36. The van der Waals surface area contributed by atoms with Crippen LogP contribution in [-0.4, -0.2) is 82.7 Å². The van der Waals surface area contributed by atoms with Gasteiger partial charge in [0.15, 0.2) is 0 Å². The molecule has 0 bridgehead atoms. The third-order valence-electron chi connectivity index (χ3n) is 6.23. The van der Waals surface area contributed by atoms with Crippen LogP contribution >= 0.6 is 0 Å². The minimum Gasteiger partial charge on any atom is -0.352 e. The van der Waals surface area contributed by atoms with Crippen LogP contribution in [0.2, 0.25) is 0 Å². The van der Waals surface area contributed by atoms with Gasteiger partial charge in [-0.25, -0.2) is 24.3 Å². The van der Waals surface area contributed by atoms with Crippen molar-refractivity contribution in [3.05, 3.63) is 48.4 Å². The maximum absolute atomic E-state index is 13.6. The largest absolute Gasteiger partial charge is 0.352 e. The summed E-state index contributed by atoms with van der Waals surface area (Å²) in [7, 11) is 0. The molecule has 2 aliphatic heterocycles. The van der Waals surface area contributed by atoms with E-state index in [-0.39, 0.29) is 12.5 Å². The molecule has 2 aliphatic rings. The van der Waals surface area contributed by atoms with E-state index in [2.05, 4.69) is 46.9 Å². The summed E-state index contributed by atoms with van der Waals surface area (Å²) in [6, 6.07) is 9.09. The minimum atomic E-state index is -0.902. The van der Waals surface area contributed by atoms with Crippen molar-refractivity contribution >= 4 is 29.2 Å². The van der Waals surface area contributed by atoms with Gasteiger partial charge in [-0.2, -0.15) is 5.26 Å². The van der Waals surface area contributed by atoms with Crippen molar-refractivity contribution in [1.82, 2.24) is 30.2 Å². The number of halogens is 1. The highest BCUT2D eigenvalue weighted by Crippen LogP contribution is 2.27. The summed E-state index contributed by atoms with van der Waals surface area (Å²) in [4.78, 5) is 33.7. The molecule has 0 saturated carbocycles. The fourth-order valence-electron chi connectivity index (χ4n) is 4.35. The predicted octanol–water partition coefficient (Wildman–Crippen LogP) is 1.94. The molecule has 37 heavy (non-hydrogen) atoms. The van der Waals surface area contributed by atoms with E-state index in [4.69, 9.17) is 0 Å². The van der Waals surface area contributed by atoms with Crippen molar-refractivity contribution in [2.45, 2.75) is 12.6 Å². The van der Waals surface area contributed by atoms with E-state index in [9.17, 15) is 14.4 Å². The molecular weight excluding hydrogens is 475 g/mol. The van der Waals surface area contributed by atoms with Crippen LogP contribution in [-0.2, 0) is 4.79 Å². The molecule has 0 radical (unpaired) electrons. The first-order valence-electron chi connectivity index (χ1n) is 12.2. The van der Waals surface area contributed by atoms with Crippen molar-refractivity contribution in [2.24, 2.45) is 0 Å². The fourth-order valence-corrected chi connectivity index (χ4v) is 4.35. The van der Waals surface area contributed by atoms with E-state index >= 15 is 0 Å². The highest BCUT2D eigenvalue weighted by molar-refractivity contribution is 5.91. The van der Waals surface area contributed by atoms with Gasteiger partial charge in [0.2, 0.25) is 11.9 Å². The number of nitrogens with zero attached hydrogens (tertiary/aromatic N) is 7. The molecule has 0 spiro atoms. The van der Waals surface area contributed by atoms with Gasteiger partial charge in [0.1, 0.15) is 23.9 Å². The fraction of sp³-hybridized carbons (Fsp3) is 0.360. The van der Waals surface area contributed by atoms with Gasteiger partial charge in [-0.15, -0.1) is 0 Å². The number of aromatic nitrogens is 4. The zero-order chi connectivity index (χ0) is 25.6. The number of pyridine rings is 2. The van der Waals surface area contributed by atoms with E-state index in [1.54, 1.807) is 47.8 Å². The summed E-state index contributed by atoms with van der Waals surface area (Å²) >= 11 is 0. The van der Waals surface area contributed by atoms with Crippen LogP contribution in [0.5, 0.6) is 0 Å². The Kier molecular flexibility index (Phi) is 7.43. The number of piperazine rings is 1. The number of anilines is 4. The average molecular weight is 503 g/mol. The van der Waals surface area contributed by atoms with Gasteiger partial charge < -0.3 is 20.9 Å². The zero-order valence-corrected chi connectivity index (χ0v) is 20.2. The van der Waals surface area contributed by atoms with Gasteiger partial charge in [-0.3, -0.25) is 9.69 Å². The van der Waals surface area contributed by atoms with Gasteiger partial charge in [0, 0.05) is 50.7 Å². The quantitative estimate of drug-likeness (QED) is 0.440. The first-order chi connectivity index (χ1) is 18.1. The molecule has 0 aromatic carbocycles.